The third-order valence-electron chi connectivity index (χ3n) is 3.52. The van der Waals surface area contributed by atoms with Crippen molar-refractivity contribution < 1.29 is 8.42 Å². The zero-order chi connectivity index (χ0) is 15.5. The van der Waals surface area contributed by atoms with Gasteiger partial charge in [0.15, 0.2) is 0 Å². The first-order valence-corrected chi connectivity index (χ1v) is 10.5. The van der Waals surface area contributed by atoms with Crippen molar-refractivity contribution in [1.29, 1.82) is 0 Å². The molecule has 0 saturated carbocycles. The summed E-state index contributed by atoms with van der Waals surface area (Å²) in [7, 11) is -3.38. The third-order valence-corrected chi connectivity index (χ3v) is 8.04. The van der Waals surface area contributed by atoms with E-state index < -0.39 is 10.0 Å². The van der Waals surface area contributed by atoms with E-state index in [0.29, 0.717) is 23.3 Å². The molecule has 0 bridgehead atoms. The number of thioether (sulfide) groups is 1. The van der Waals surface area contributed by atoms with Gasteiger partial charge in [0.2, 0.25) is 10.0 Å². The van der Waals surface area contributed by atoms with Crippen molar-refractivity contribution in [2.45, 2.75) is 55.2 Å². The van der Waals surface area contributed by atoms with Crippen LogP contribution in [0.1, 0.15) is 38.5 Å². The summed E-state index contributed by atoms with van der Waals surface area (Å²) in [5, 5.41) is 3.30. The van der Waals surface area contributed by atoms with Crippen LogP contribution in [0.25, 0.3) is 0 Å². The highest BCUT2D eigenvalue weighted by Crippen LogP contribution is 2.37. The molecule has 1 fully saturated rings. The molecule has 1 aromatic heterocycles. The van der Waals surface area contributed by atoms with Crippen molar-refractivity contribution in [1.82, 2.24) is 10.0 Å². The van der Waals surface area contributed by atoms with Gasteiger partial charge in [0.05, 0.1) is 0 Å². The first-order chi connectivity index (χ1) is 9.81. The summed E-state index contributed by atoms with van der Waals surface area (Å²) in [4.78, 5) is 1.05. The van der Waals surface area contributed by atoms with Gasteiger partial charge in [0.25, 0.3) is 0 Å². The Kier molecular flexibility index (Phi) is 5.76. The van der Waals surface area contributed by atoms with Crippen molar-refractivity contribution in [3.8, 4) is 0 Å². The average Bonchev–Trinajstić information content (AvgIpc) is 3.04. The second-order valence-electron chi connectivity index (χ2n) is 5.98. The van der Waals surface area contributed by atoms with Gasteiger partial charge in [-0.15, -0.1) is 11.3 Å². The van der Waals surface area contributed by atoms with Crippen LogP contribution in [0.3, 0.4) is 0 Å². The van der Waals surface area contributed by atoms with Crippen molar-refractivity contribution >= 4 is 33.1 Å². The van der Waals surface area contributed by atoms with Gasteiger partial charge < -0.3 is 5.32 Å². The maximum Gasteiger partial charge on any atom is 0.250 e. The van der Waals surface area contributed by atoms with Crippen LogP contribution in [0, 0.1) is 0 Å². The van der Waals surface area contributed by atoms with Crippen LogP contribution in [0.2, 0.25) is 0 Å². The Morgan fingerprint density at radius 2 is 2.14 bits per heavy atom. The topological polar surface area (TPSA) is 58.2 Å². The standard InChI is InChI=1S/C14H24N2O2S3/c1-11(2)15-9-12-5-6-13(20-12)21(17,18)16-10-14(3)7-4-8-19-14/h5-6,11,15-16H,4,7-10H2,1-3H3. The second-order valence-corrected chi connectivity index (χ2v) is 10.8. The molecule has 2 heterocycles. The molecule has 0 radical (unpaired) electrons. The van der Waals surface area contributed by atoms with E-state index in [2.05, 4.69) is 30.8 Å². The summed E-state index contributed by atoms with van der Waals surface area (Å²) in [5.41, 5.74) is 0. The number of hydrogen-bond donors (Lipinski definition) is 2. The zero-order valence-electron chi connectivity index (χ0n) is 12.8. The molecule has 2 N–H and O–H groups in total. The van der Waals surface area contributed by atoms with Gasteiger partial charge in [-0.05, 0) is 37.7 Å². The highest BCUT2D eigenvalue weighted by atomic mass is 32.2. The van der Waals surface area contributed by atoms with E-state index in [0.717, 1.165) is 17.1 Å². The Morgan fingerprint density at radius 1 is 1.38 bits per heavy atom. The number of nitrogens with one attached hydrogen (secondary N) is 2. The summed E-state index contributed by atoms with van der Waals surface area (Å²) in [6.07, 6.45) is 2.25. The van der Waals surface area contributed by atoms with Crippen molar-refractivity contribution in [3.05, 3.63) is 17.0 Å². The highest BCUT2D eigenvalue weighted by molar-refractivity contribution is 8.01. The fourth-order valence-corrected chi connectivity index (χ4v) is 6.05. The molecule has 2 rings (SSSR count). The van der Waals surface area contributed by atoms with Gasteiger partial charge in [-0.25, -0.2) is 13.1 Å². The molecule has 4 nitrogen and oxygen atoms in total. The van der Waals surface area contributed by atoms with Gasteiger partial charge >= 0.3 is 0 Å². The first-order valence-electron chi connectivity index (χ1n) is 7.26. The Morgan fingerprint density at radius 3 is 2.76 bits per heavy atom. The van der Waals surface area contributed by atoms with E-state index in [1.807, 2.05) is 17.8 Å². The van der Waals surface area contributed by atoms with E-state index in [1.54, 1.807) is 6.07 Å². The summed E-state index contributed by atoms with van der Waals surface area (Å²) in [6, 6.07) is 3.99. The molecular formula is C14H24N2O2S3. The van der Waals surface area contributed by atoms with Crippen LogP contribution in [-0.4, -0.2) is 31.5 Å². The molecule has 1 aliphatic rings. The van der Waals surface area contributed by atoms with E-state index in [9.17, 15) is 8.42 Å². The Balaban J connectivity index is 1.96. The molecule has 0 aromatic carbocycles. The van der Waals surface area contributed by atoms with Crippen molar-refractivity contribution in [3.63, 3.8) is 0 Å². The molecule has 1 aliphatic heterocycles. The minimum atomic E-state index is -3.38. The number of hydrogen-bond acceptors (Lipinski definition) is 5. The van der Waals surface area contributed by atoms with E-state index in [1.165, 1.54) is 17.8 Å². The lowest BCUT2D eigenvalue weighted by Gasteiger charge is -2.22. The maximum absolute atomic E-state index is 12.4. The number of sulfonamides is 1. The van der Waals surface area contributed by atoms with Gasteiger partial charge in [-0.1, -0.05) is 13.8 Å². The minimum absolute atomic E-state index is 0.0480. The molecule has 0 aliphatic carbocycles. The fourth-order valence-electron chi connectivity index (χ4n) is 2.20. The average molecular weight is 349 g/mol. The van der Waals surface area contributed by atoms with Crippen LogP contribution in [0.4, 0.5) is 0 Å². The van der Waals surface area contributed by atoms with E-state index in [-0.39, 0.29) is 4.75 Å². The largest absolute Gasteiger partial charge is 0.310 e. The minimum Gasteiger partial charge on any atom is -0.310 e. The molecular weight excluding hydrogens is 324 g/mol. The predicted octanol–water partition coefficient (Wildman–Crippen LogP) is 2.81. The molecule has 1 atom stereocenters. The van der Waals surface area contributed by atoms with E-state index in [4.69, 9.17) is 0 Å². The SMILES string of the molecule is CC(C)NCc1ccc(S(=O)(=O)NCC2(C)CCCS2)s1. The maximum atomic E-state index is 12.4. The molecule has 7 heteroatoms. The molecule has 21 heavy (non-hydrogen) atoms. The van der Waals surface area contributed by atoms with Crippen LogP contribution in [0.5, 0.6) is 0 Å². The molecule has 0 amide bonds. The first kappa shape index (κ1) is 17.3. The fraction of sp³-hybridized carbons (Fsp3) is 0.714. The Hall–Kier alpha value is -0.0800. The van der Waals surface area contributed by atoms with E-state index >= 15 is 0 Å². The normalized spacial score (nSPS) is 23.0. The molecule has 120 valence electrons. The number of thiophene rings is 1. The smallest absolute Gasteiger partial charge is 0.250 e. The molecule has 0 spiro atoms. The monoisotopic (exact) mass is 348 g/mol. The lowest BCUT2D eigenvalue weighted by molar-refractivity contribution is 0.554. The van der Waals surface area contributed by atoms with Gasteiger partial charge in [-0.2, -0.15) is 11.8 Å². The molecule has 1 unspecified atom stereocenters. The lowest BCUT2D eigenvalue weighted by atomic mass is 10.1. The van der Waals surface area contributed by atoms with Crippen LogP contribution >= 0.6 is 23.1 Å². The second kappa shape index (κ2) is 7.00. The Bertz CT molecular complexity index is 561. The third kappa shape index (κ3) is 4.96. The quantitative estimate of drug-likeness (QED) is 0.795. The number of rotatable bonds is 7. The van der Waals surface area contributed by atoms with Crippen LogP contribution in [-0.2, 0) is 16.6 Å². The van der Waals surface area contributed by atoms with Gasteiger partial charge in [-0.3, -0.25) is 0 Å². The zero-order valence-corrected chi connectivity index (χ0v) is 15.3. The molecule has 1 aromatic rings. The van der Waals surface area contributed by atoms with Crippen LogP contribution in [0.15, 0.2) is 16.3 Å². The summed E-state index contributed by atoms with van der Waals surface area (Å²) in [5.74, 6) is 1.13. The lowest BCUT2D eigenvalue weighted by Crippen LogP contribution is -2.36. The highest BCUT2D eigenvalue weighted by Gasteiger charge is 2.31. The molecule has 1 saturated heterocycles. The summed E-state index contributed by atoms with van der Waals surface area (Å²) >= 11 is 3.21. The van der Waals surface area contributed by atoms with Crippen molar-refractivity contribution in [2.24, 2.45) is 0 Å². The Labute approximate surface area is 136 Å². The van der Waals surface area contributed by atoms with Gasteiger partial charge in [0.1, 0.15) is 4.21 Å². The summed E-state index contributed by atoms with van der Waals surface area (Å²) < 4.78 is 27.9. The summed E-state index contributed by atoms with van der Waals surface area (Å²) in [6.45, 7) is 7.52. The van der Waals surface area contributed by atoms with Crippen molar-refractivity contribution in [2.75, 3.05) is 12.3 Å². The van der Waals surface area contributed by atoms with Crippen LogP contribution < -0.4 is 10.0 Å². The predicted molar refractivity (Wildman–Crippen MR) is 91.6 cm³/mol. The van der Waals surface area contributed by atoms with Gasteiger partial charge in [0, 0.05) is 28.8 Å².